The molecule has 0 spiro atoms. The van der Waals surface area contributed by atoms with Gasteiger partial charge in [0.05, 0.1) is 13.2 Å². The lowest BCUT2D eigenvalue weighted by molar-refractivity contribution is -0.127. The van der Waals surface area contributed by atoms with Crippen LogP contribution in [0.15, 0.2) is 29.3 Å². The third-order valence-corrected chi connectivity index (χ3v) is 5.88. The van der Waals surface area contributed by atoms with Gasteiger partial charge in [-0.1, -0.05) is 18.6 Å². The second kappa shape index (κ2) is 15.6. The molecule has 176 valence electrons. The molecule has 0 aromatic heterocycles. The Labute approximate surface area is 208 Å². The molecule has 1 aromatic carbocycles. The molecule has 31 heavy (non-hydrogen) atoms. The van der Waals surface area contributed by atoms with Gasteiger partial charge in [0, 0.05) is 32.9 Å². The molecule has 7 nitrogen and oxygen atoms in total. The predicted molar refractivity (Wildman–Crippen MR) is 142 cm³/mol. The SMILES string of the molecule is COc1ccc(C(CNC(=NCC(=O)N(C)C)NCCSC)N2CCCCC2)cc1.I. The first-order valence-corrected chi connectivity index (χ1v) is 12.0. The van der Waals surface area contributed by atoms with Gasteiger partial charge in [-0.2, -0.15) is 11.8 Å². The van der Waals surface area contributed by atoms with E-state index in [0.717, 1.165) is 37.7 Å². The van der Waals surface area contributed by atoms with Crippen molar-refractivity contribution in [2.45, 2.75) is 25.3 Å². The van der Waals surface area contributed by atoms with Gasteiger partial charge in [-0.15, -0.1) is 24.0 Å². The lowest BCUT2D eigenvalue weighted by Crippen LogP contribution is -2.45. The Hall–Kier alpha value is -1.20. The molecule has 0 aliphatic carbocycles. The molecule has 1 aliphatic rings. The predicted octanol–water partition coefficient (Wildman–Crippen LogP) is 2.83. The monoisotopic (exact) mass is 563 g/mol. The van der Waals surface area contributed by atoms with Crippen molar-refractivity contribution < 1.29 is 9.53 Å². The average molecular weight is 564 g/mol. The maximum Gasteiger partial charge on any atom is 0.243 e. The molecule has 1 saturated heterocycles. The number of rotatable bonds is 10. The van der Waals surface area contributed by atoms with Gasteiger partial charge in [0.15, 0.2) is 5.96 Å². The first kappa shape index (κ1) is 27.8. The van der Waals surface area contributed by atoms with Gasteiger partial charge in [0.2, 0.25) is 5.91 Å². The van der Waals surface area contributed by atoms with E-state index >= 15 is 0 Å². The number of piperidine rings is 1. The smallest absolute Gasteiger partial charge is 0.243 e. The molecule has 1 amide bonds. The molecule has 2 N–H and O–H groups in total. The van der Waals surface area contributed by atoms with E-state index in [9.17, 15) is 4.79 Å². The van der Waals surface area contributed by atoms with Crippen LogP contribution in [0.25, 0.3) is 0 Å². The van der Waals surface area contributed by atoms with Gasteiger partial charge < -0.3 is 20.3 Å². The second-order valence-electron chi connectivity index (χ2n) is 7.64. The zero-order chi connectivity index (χ0) is 21.8. The number of hydrogen-bond donors (Lipinski definition) is 2. The molecule has 1 heterocycles. The second-order valence-corrected chi connectivity index (χ2v) is 8.62. The summed E-state index contributed by atoms with van der Waals surface area (Å²) in [5.41, 5.74) is 1.26. The molecule has 0 radical (unpaired) electrons. The fourth-order valence-corrected chi connectivity index (χ4v) is 3.75. The number of carbonyl (C=O) groups excluding carboxylic acids is 1. The number of methoxy groups -OCH3 is 1. The van der Waals surface area contributed by atoms with Crippen molar-refractivity contribution >= 4 is 47.6 Å². The van der Waals surface area contributed by atoms with E-state index in [1.54, 1.807) is 37.9 Å². The largest absolute Gasteiger partial charge is 0.497 e. The third kappa shape index (κ3) is 9.86. The first-order chi connectivity index (χ1) is 14.5. The zero-order valence-corrected chi connectivity index (χ0v) is 22.4. The summed E-state index contributed by atoms with van der Waals surface area (Å²) in [6.07, 6.45) is 5.85. The van der Waals surface area contributed by atoms with E-state index in [-0.39, 0.29) is 42.5 Å². The summed E-state index contributed by atoms with van der Waals surface area (Å²) < 4.78 is 5.32. The van der Waals surface area contributed by atoms with Crippen LogP contribution in [0.4, 0.5) is 0 Å². The van der Waals surface area contributed by atoms with Crippen molar-refractivity contribution in [3.8, 4) is 5.75 Å². The van der Waals surface area contributed by atoms with E-state index in [4.69, 9.17) is 4.74 Å². The number of nitrogens with one attached hydrogen (secondary N) is 2. The molecule has 9 heteroatoms. The van der Waals surface area contributed by atoms with Crippen LogP contribution in [0.5, 0.6) is 5.75 Å². The molecular weight excluding hydrogens is 525 g/mol. The van der Waals surface area contributed by atoms with Crippen LogP contribution in [0.2, 0.25) is 0 Å². The summed E-state index contributed by atoms with van der Waals surface area (Å²) in [4.78, 5) is 20.6. The normalized spacial score (nSPS) is 15.5. The molecule has 1 aliphatic heterocycles. The number of carbonyl (C=O) groups is 1. The topological polar surface area (TPSA) is 69.2 Å². The summed E-state index contributed by atoms with van der Waals surface area (Å²) in [5.74, 6) is 2.53. The van der Waals surface area contributed by atoms with Gasteiger partial charge in [-0.25, -0.2) is 4.99 Å². The number of likely N-dealkylation sites (N-methyl/N-ethyl adjacent to an activating group) is 1. The van der Waals surface area contributed by atoms with Gasteiger partial charge >= 0.3 is 0 Å². The van der Waals surface area contributed by atoms with Crippen molar-refractivity contribution in [3.63, 3.8) is 0 Å². The number of nitrogens with zero attached hydrogens (tertiary/aromatic N) is 3. The highest BCUT2D eigenvalue weighted by molar-refractivity contribution is 14.0. The van der Waals surface area contributed by atoms with E-state index in [1.165, 1.54) is 24.8 Å². The number of halogens is 1. The fraction of sp³-hybridized carbons (Fsp3) is 0.636. The Morgan fingerprint density at radius 3 is 2.45 bits per heavy atom. The fourth-order valence-electron chi connectivity index (χ4n) is 3.44. The Balaban J connectivity index is 0.00000480. The van der Waals surface area contributed by atoms with E-state index < -0.39 is 0 Å². The van der Waals surface area contributed by atoms with Crippen molar-refractivity contribution in [3.05, 3.63) is 29.8 Å². The number of ether oxygens (including phenoxy) is 1. The third-order valence-electron chi connectivity index (χ3n) is 5.26. The molecule has 1 aromatic rings. The average Bonchev–Trinajstić information content (AvgIpc) is 2.78. The molecule has 2 rings (SSSR count). The van der Waals surface area contributed by atoms with Gasteiger partial charge in [0.25, 0.3) is 0 Å². The lowest BCUT2D eigenvalue weighted by Gasteiger charge is -2.35. The Morgan fingerprint density at radius 1 is 1.19 bits per heavy atom. The minimum atomic E-state index is -0.0105. The summed E-state index contributed by atoms with van der Waals surface area (Å²) in [5, 5.41) is 6.84. The first-order valence-electron chi connectivity index (χ1n) is 10.6. The van der Waals surface area contributed by atoms with Crippen molar-refractivity contribution in [2.24, 2.45) is 4.99 Å². The minimum absolute atomic E-state index is 0. The standard InChI is InChI=1S/C22H37N5O2S.HI/c1-26(2)21(28)17-25-22(23-12-15-30-4)24-16-20(27-13-6-5-7-14-27)18-8-10-19(29-3)11-9-18;/h8-11,20H,5-7,12-17H2,1-4H3,(H2,23,24,25);1H. The van der Waals surface area contributed by atoms with Crippen LogP contribution < -0.4 is 15.4 Å². The highest BCUT2D eigenvalue weighted by Gasteiger charge is 2.22. The Morgan fingerprint density at radius 2 is 1.87 bits per heavy atom. The highest BCUT2D eigenvalue weighted by atomic mass is 127. The number of thioether (sulfide) groups is 1. The quantitative estimate of drug-likeness (QED) is 0.198. The zero-order valence-electron chi connectivity index (χ0n) is 19.2. The summed E-state index contributed by atoms with van der Waals surface area (Å²) in [6, 6.07) is 8.58. The van der Waals surface area contributed by atoms with Crippen LogP contribution in [0.1, 0.15) is 30.9 Å². The molecular formula is C22H38IN5O2S. The number of guanidine groups is 1. The van der Waals surface area contributed by atoms with Gasteiger partial charge in [-0.3, -0.25) is 9.69 Å². The number of benzene rings is 1. The number of aliphatic imine (C=N–C) groups is 1. The summed E-state index contributed by atoms with van der Waals surface area (Å²) in [7, 11) is 5.20. The Bertz CT molecular complexity index is 666. The maximum atomic E-state index is 12.0. The van der Waals surface area contributed by atoms with Gasteiger partial charge in [-0.05, 0) is 49.9 Å². The van der Waals surface area contributed by atoms with E-state index in [1.807, 2.05) is 12.1 Å². The molecule has 1 atom stereocenters. The van der Waals surface area contributed by atoms with Crippen molar-refractivity contribution in [1.29, 1.82) is 0 Å². The lowest BCUT2D eigenvalue weighted by atomic mass is 10.0. The number of likely N-dealkylation sites (tertiary alicyclic amines) is 1. The molecule has 1 fully saturated rings. The van der Waals surface area contributed by atoms with E-state index in [0.29, 0.717) is 5.96 Å². The van der Waals surface area contributed by atoms with Crippen molar-refractivity contribution in [1.82, 2.24) is 20.4 Å². The Kier molecular flexibility index (Phi) is 14.0. The summed E-state index contributed by atoms with van der Waals surface area (Å²) >= 11 is 1.78. The number of amides is 1. The van der Waals surface area contributed by atoms with Crippen LogP contribution >= 0.6 is 35.7 Å². The number of hydrogen-bond acceptors (Lipinski definition) is 5. The minimum Gasteiger partial charge on any atom is -0.497 e. The highest BCUT2D eigenvalue weighted by Crippen LogP contribution is 2.25. The van der Waals surface area contributed by atoms with Crippen molar-refractivity contribution in [2.75, 3.05) is 65.9 Å². The maximum absolute atomic E-state index is 12.0. The molecule has 0 saturated carbocycles. The molecule has 0 bridgehead atoms. The van der Waals surface area contributed by atoms with Crippen LogP contribution in [0.3, 0.4) is 0 Å². The van der Waals surface area contributed by atoms with Crippen LogP contribution in [-0.4, -0.2) is 87.6 Å². The molecule has 1 unspecified atom stereocenters. The van der Waals surface area contributed by atoms with Crippen LogP contribution in [-0.2, 0) is 4.79 Å². The van der Waals surface area contributed by atoms with Gasteiger partial charge in [0.1, 0.15) is 12.3 Å². The van der Waals surface area contributed by atoms with E-state index in [2.05, 4.69) is 38.9 Å². The summed E-state index contributed by atoms with van der Waals surface area (Å²) in [6.45, 7) is 3.87. The van der Waals surface area contributed by atoms with Crippen LogP contribution in [0, 0.1) is 0 Å².